The van der Waals surface area contributed by atoms with Crippen molar-refractivity contribution >= 4 is 5.90 Å². The van der Waals surface area contributed by atoms with E-state index in [2.05, 4.69) is 24.2 Å². The number of ether oxygens (including phenoxy) is 2. The van der Waals surface area contributed by atoms with Gasteiger partial charge in [-0.05, 0) is 5.92 Å². The van der Waals surface area contributed by atoms with E-state index in [1.807, 2.05) is 0 Å². The lowest BCUT2D eigenvalue weighted by molar-refractivity contribution is 0.0369. The van der Waals surface area contributed by atoms with Crippen LogP contribution in [0, 0.1) is 5.92 Å². The molecule has 1 unspecified atom stereocenters. The van der Waals surface area contributed by atoms with Gasteiger partial charge in [0.25, 0.3) is 0 Å². The first-order valence-electron chi connectivity index (χ1n) is 4.56. The Morgan fingerprint density at radius 3 is 2.62 bits per heavy atom. The standard InChI is InChI=1S/C9H18N2O2/c1-6(2)8-9(13-4)10-5-7(11-8)12-3/h6,8-10H,5H2,1-4H3/t8-,9?/m1/s1. The second kappa shape index (κ2) is 4.58. The summed E-state index contributed by atoms with van der Waals surface area (Å²) in [6.45, 7) is 4.90. The van der Waals surface area contributed by atoms with Crippen molar-refractivity contribution in [2.75, 3.05) is 20.8 Å². The van der Waals surface area contributed by atoms with Gasteiger partial charge in [0.2, 0.25) is 0 Å². The summed E-state index contributed by atoms with van der Waals surface area (Å²) in [4.78, 5) is 4.46. The molecular weight excluding hydrogens is 168 g/mol. The van der Waals surface area contributed by atoms with Crippen LogP contribution in [0.15, 0.2) is 4.99 Å². The molecule has 1 heterocycles. The summed E-state index contributed by atoms with van der Waals surface area (Å²) in [5, 5.41) is 3.22. The molecule has 0 fully saturated rings. The van der Waals surface area contributed by atoms with E-state index in [1.165, 1.54) is 0 Å². The second-order valence-corrected chi connectivity index (χ2v) is 3.50. The summed E-state index contributed by atoms with van der Waals surface area (Å²) >= 11 is 0. The predicted octanol–water partition coefficient (Wildman–Crippen LogP) is 0.632. The summed E-state index contributed by atoms with van der Waals surface area (Å²) in [6.07, 6.45) is 0.0129. The van der Waals surface area contributed by atoms with Gasteiger partial charge < -0.3 is 9.47 Å². The smallest absolute Gasteiger partial charge is 0.197 e. The second-order valence-electron chi connectivity index (χ2n) is 3.50. The molecule has 1 aliphatic heterocycles. The molecule has 1 N–H and O–H groups in total. The van der Waals surface area contributed by atoms with Gasteiger partial charge in [-0.3, -0.25) is 5.32 Å². The Morgan fingerprint density at radius 1 is 1.46 bits per heavy atom. The molecule has 0 aromatic carbocycles. The number of hydrogen-bond acceptors (Lipinski definition) is 4. The third-order valence-electron chi connectivity index (χ3n) is 2.23. The van der Waals surface area contributed by atoms with Gasteiger partial charge in [-0.25, -0.2) is 4.99 Å². The molecule has 1 rings (SSSR count). The van der Waals surface area contributed by atoms with Crippen molar-refractivity contribution in [1.29, 1.82) is 0 Å². The van der Waals surface area contributed by atoms with Crippen LogP contribution in [0.5, 0.6) is 0 Å². The Kier molecular flexibility index (Phi) is 3.69. The van der Waals surface area contributed by atoms with Gasteiger partial charge in [0.15, 0.2) is 5.90 Å². The number of nitrogens with zero attached hydrogens (tertiary/aromatic N) is 1. The lowest BCUT2D eigenvalue weighted by Crippen LogP contribution is -2.49. The van der Waals surface area contributed by atoms with Crippen LogP contribution < -0.4 is 5.32 Å². The first-order chi connectivity index (χ1) is 6.19. The molecule has 1 aliphatic rings. The highest BCUT2D eigenvalue weighted by Crippen LogP contribution is 2.15. The zero-order chi connectivity index (χ0) is 9.84. The molecule has 76 valence electrons. The molecule has 2 atom stereocenters. The quantitative estimate of drug-likeness (QED) is 0.688. The fourth-order valence-electron chi connectivity index (χ4n) is 1.43. The van der Waals surface area contributed by atoms with Crippen LogP contribution in [0.25, 0.3) is 0 Å². The normalized spacial score (nSPS) is 28.8. The van der Waals surface area contributed by atoms with E-state index in [-0.39, 0.29) is 12.3 Å². The van der Waals surface area contributed by atoms with E-state index in [4.69, 9.17) is 9.47 Å². The highest BCUT2D eigenvalue weighted by molar-refractivity contribution is 5.79. The van der Waals surface area contributed by atoms with Gasteiger partial charge in [-0.1, -0.05) is 13.8 Å². The number of aliphatic imine (C=N–C) groups is 1. The minimum atomic E-state index is 0.0129. The number of hydrogen-bond donors (Lipinski definition) is 1. The van der Waals surface area contributed by atoms with E-state index in [0.29, 0.717) is 12.5 Å². The Labute approximate surface area is 79.3 Å². The molecule has 4 nitrogen and oxygen atoms in total. The largest absolute Gasteiger partial charge is 0.483 e. The van der Waals surface area contributed by atoms with Crippen LogP contribution in [0.4, 0.5) is 0 Å². The predicted molar refractivity (Wildman–Crippen MR) is 51.9 cm³/mol. The molecule has 0 aromatic rings. The Hall–Kier alpha value is -0.610. The minimum Gasteiger partial charge on any atom is -0.483 e. The first-order valence-corrected chi connectivity index (χ1v) is 4.56. The van der Waals surface area contributed by atoms with E-state index < -0.39 is 0 Å². The molecule has 0 saturated heterocycles. The summed E-state index contributed by atoms with van der Waals surface area (Å²) in [5.74, 6) is 1.20. The van der Waals surface area contributed by atoms with Crippen molar-refractivity contribution < 1.29 is 9.47 Å². The van der Waals surface area contributed by atoms with E-state index in [0.717, 1.165) is 5.90 Å². The average Bonchev–Trinajstić information content (AvgIpc) is 2.16. The maximum absolute atomic E-state index is 5.28. The summed E-state index contributed by atoms with van der Waals surface area (Å²) < 4.78 is 10.4. The molecule has 4 heteroatoms. The Morgan fingerprint density at radius 2 is 2.15 bits per heavy atom. The average molecular weight is 186 g/mol. The van der Waals surface area contributed by atoms with Crippen molar-refractivity contribution in [2.45, 2.75) is 26.1 Å². The van der Waals surface area contributed by atoms with Crippen molar-refractivity contribution in [2.24, 2.45) is 10.9 Å². The molecule has 0 spiro atoms. The van der Waals surface area contributed by atoms with E-state index in [9.17, 15) is 0 Å². The Bertz CT molecular complexity index is 192. The first kappa shape index (κ1) is 10.5. The molecule has 0 aliphatic carbocycles. The van der Waals surface area contributed by atoms with Gasteiger partial charge in [-0.15, -0.1) is 0 Å². The van der Waals surface area contributed by atoms with Crippen LogP contribution in [-0.4, -0.2) is 38.9 Å². The van der Waals surface area contributed by atoms with Crippen molar-refractivity contribution in [3.05, 3.63) is 0 Å². The van der Waals surface area contributed by atoms with Crippen LogP contribution in [0.2, 0.25) is 0 Å². The molecule has 0 saturated carbocycles. The third kappa shape index (κ3) is 2.42. The Balaban J connectivity index is 2.70. The number of rotatable bonds is 2. The highest BCUT2D eigenvalue weighted by Gasteiger charge is 2.28. The fraction of sp³-hybridized carbons (Fsp3) is 0.889. The van der Waals surface area contributed by atoms with Crippen LogP contribution in [0.3, 0.4) is 0 Å². The lowest BCUT2D eigenvalue weighted by atomic mass is 10.0. The molecular formula is C9H18N2O2. The van der Waals surface area contributed by atoms with E-state index in [1.54, 1.807) is 14.2 Å². The van der Waals surface area contributed by atoms with Crippen LogP contribution in [0.1, 0.15) is 13.8 Å². The summed E-state index contributed by atoms with van der Waals surface area (Å²) in [7, 11) is 3.34. The van der Waals surface area contributed by atoms with Crippen molar-refractivity contribution in [3.63, 3.8) is 0 Å². The molecule has 13 heavy (non-hydrogen) atoms. The minimum absolute atomic E-state index is 0.0129. The maximum Gasteiger partial charge on any atom is 0.197 e. The van der Waals surface area contributed by atoms with Crippen molar-refractivity contribution in [3.8, 4) is 0 Å². The zero-order valence-electron chi connectivity index (χ0n) is 8.70. The molecule has 0 aromatic heterocycles. The number of nitrogens with one attached hydrogen (secondary N) is 1. The highest BCUT2D eigenvalue weighted by atomic mass is 16.5. The topological polar surface area (TPSA) is 42.9 Å². The SMILES string of the molecule is COC1=N[C@H](C(C)C)C(OC)NC1. The summed E-state index contributed by atoms with van der Waals surface area (Å²) in [5.41, 5.74) is 0. The van der Waals surface area contributed by atoms with Gasteiger partial charge >= 0.3 is 0 Å². The van der Waals surface area contributed by atoms with Crippen LogP contribution >= 0.6 is 0 Å². The van der Waals surface area contributed by atoms with E-state index >= 15 is 0 Å². The third-order valence-corrected chi connectivity index (χ3v) is 2.23. The molecule has 0 bridgehead atoms. The van der Waals surface area contributed by atoms with Crippen molar-refractivity contribution in [1.82, 2.24) is 5.32 Å². The monoisotopic (exact) mass is 186 g/mol. The summed E-state index contributed by atoms with van der Waals surface area (Å²) in [6, 6.07) is 0.147. The zero-order valence-corrected chi connectivity index (χ0v) is 8.70. The maximum atomic E-state index is 5.28. The van der Waals surface area contributed by atoms with Crippen LogP contribution in [-0.2, 0) is 9.47 Å². The molecule has 0 radical (unpaired) electrons. The lowest BCUT2D eigenvalue weighted by Gasteiger charge is -2.31. The van der Waals surface area contributed by atoms with Gasteiger partial charge in [-0.2, -0.15) is 0 Å². The number of methoxy groups -OCH3 is 2. The fourth-order valence-corrected chi connectivity index (χ4v) is 1.43. The van der Waals surface area contributed by atoms with Gasteiger partial charge in [0.1, 0.15) is 6.23 Å². The molecule has 0 amide bonds. The van der Waals surface area contributed by atoms with Gasteiger partial charge in [0, 0.05) is 7.11 Å². The van der Waals surface area contributed by atoms with Gasteiger partial charge in [0.05, 0.1) is 19.7 Å².